The summed E-state index contributed by atoms with van der Waals surface area (Å²) >= 11 is 4.04. The van der Waals surface area contributed by atoms with E-state index in [1.165, 1.54) is 0 Å². The first-order chi connectivity index (χ1) is 15.3. The van der Waals surface area contributed by atoms with Gasteiger partial charge in [-0.2, -0.15) is 65.3 Å². The third kappa shape index (κ3) is 7.00. The van der Waals surface area contributed by atoms with Crippen LogP contribution < -0.4 is 0 Å². The molecule has 0 rings (SSSR count). The van der Waals surface area contributed by atoms with E-state index in [1.807, 2.05) is 0 Å². The Kier molecular flexibility index (Phi) is 12.4. The number of rotatable bonds is 18. The molecule has 0 aromatic rings. The molecule has 1 nitrogen and oxygen atoms in total. The van der Waals surface area contributed by atoms with Gasteiger partial charge in [-0.15, -0.1) is 0 Å². The molecule has 206 valence electrons. The first kappa shape index (κ1) is 33.4. The second kappa shape index (κ2) is 12.6. The number of ether oxygens (including phenoxy) is 1. The van der Waals surface area contributed by atoms with E-state index in [1.54, 1.807) is 0 Å². The van der Waals surface area contributed by atoms with Crippen molar-refractivity contribution in [1.29, 1.82) is 0 Å². The Hall–Kier alpha value is -0.600. The van der Waals surface area contributed by atoms with Crippen molar-refractivity contribution >= 4 is 12.6 Å². The van der Waals surface area contributed by atoms with E-state index in [4.69, 9.17) is 0 Å². The summed E-state index contributed by atoms with van der Waals surface area (Å²) in [4.78, 5) is 0. The highest BCUT2D eigenvalue weighted by atomic mass is 32.1. The quantitative estimate of drug-likeness (QED) is 0.102. The fourth-order valence-corrected chi connectivity index (χ4v) is 3.00. The van der Waals surface area contributed by atoms with Crippen molar-refractivity contribution in [2.75, 3.05) is 12.4 Å². The first-order valence-electron chi connectivity index (χ1n) is 10.4. The van der Waals surface area contributed by atoms with E-state index in [0.717, 1.165) is 37.9 Å². The van der Waals surface area contributed by atoms with E-state index in [2.05, 4.69) is 17.4 Å². The highest BCUT2D eigenvalue weighted by Gasteiger charge is 2.91. The van der Waals surface area contributed by atoms with Crippen molar-refractivity contribution in [3.63, 3.8) is 0 Å². The molecule has 0 aromatic carbocycles. The summed E-state index contributed by atoms with van der Waals surface area (Å²) < 4.78 is 177. The minimum absolute atomic E-state index is 0.115. The Labute approximate surface area is 194 Å². The van der Waals surface area contributed by atoms with Gasteiger partial charge in [0.15, 0.2) is 6.17 Å². The van der Waals surface area contributed by atoms with Crippen LogP contribution in [0.15, 0.2) is 0 Å². The van der Waals surface area contributed by atoms with Gasteiger partial charge in [-0.05, 0) is 25.5 Å². The summed E-state index contributed by atoms with van der Waals surface area (Å²) in [5, 5.41) is 0. The lowest BCUT2D eigenvalue weighted by atomic mass is 9.92. The van der Waals surface area contributed by atoms with Gasteiger partial charge in [0.1, 0.15) is 0 Å². The van der Waals surface area contributed by atoms with Crippen molar-refractivity contribution in [1.82, 2.24) is 0 Å². The van der Waals surface area contributed by atoms with Crippen LogP contribution in [-0.2, 0) is 4.74 Å². The molecular weight excluding hydrogens is 523 g/mol. The maximum atomic E-state index is 13.6. The Balaban J connectivity index is 5.04. The molecule has 0 aliphatic carbocycles. The van der Waals surface area contributed by atoms with Crippen molar-refractivity contribution < 1.29 is 61.8 Å². The highest BCUT2D eigenvalue weighted by molar-refractivity contribution is 7.80. The van der Waals surface area contributed by atoms with Gasteiger partial charge in [0.05, 0.1) is 6.61 Å². The van der Waals surface area contributed by atoms with Crippen LogP contribution in [0.5, 0.6) is 0 Å². The van der Waals surface area contributed by atoms with Crippen LogP contribution in [0.3, 0.4) is 0 Å². The fourth-order valence-electron chi connectivity index (χ4n) is 2.78. The summed E-state index contributed by atoms with van der Waals surface area (Å²) in [5.74, 6) is -36.2. The molecule has 1 atom stereocenters. The smallest absolute Gasteiger partial charge is 0.316 e. The largest absolute Gasteiger partial charge is 0.426 e. The molecular formula is C19H27F13OS. The molecule has 0 bridgehead atoms. The van der Waals surface area contributed by atoms with Crippen LogP contribution in [-0.4, -0.2) is 54.3 Å². The normalized spacial score (nSPS) is 15.6. The standard InChI is InChI=1S/C19H27F13OS/c1-13(20)14(21,22)15(23,24)16(25,26)17(27,28)18(29,30)19(31,32)33-11-9-7-5-3-2-4-6-8-10-12-34/h13,34H,2-12H2,1H3. The van der Waals surface area contributed by atoms with E-state index >= 15 is 0 Å². The second-order valence-corrected chi connectivity index (χ2v) is 8.25. The lowest BCUT2D eigenvalue weighted by Gasteiger charge is -2.41. The van der Waals surface area contributed by atoms with Gasteiger partial charge in [-0.1, -0.05) is 44.9 Å². The Morgan fingerprint density at radius 2 is 0.912 bits per heavy atom. The number of thiol groups is 1. The zero-order chi connectivity index (χ0) is 27.1. The van der Waals surface area contributed by atoms with Crippen molar-refractivity contribution in [3.8, 4) is 0 Å². The summed E-state index contributed by atoms with van der Waals surface area (Å²) in [5.41, 5.74) is 0. The predicted molar refractivity (Wildman–Crippen MR) is 102 cm³/mol. The molecule has 0 aromatic heterocycles. The molecule has 0 aliphatic heterocycles. The van der Waals surface area contributed by atoms with Gasteiger partial charge in [-0.25, -0.2) is 4.39 Å². The molecule has 0 heterocycles. The molecule has 0 N–H and O–H groups in total. The van der Waals surface area contributed by atoms with Crippen LogP contribution in [0.4, 0.5) is 57.1 Å². The maximum Gasteiger partial charge on any atom is 0.426 e. The Bertz CT molecular complexity index is 597. The van der Waals surface area contributed by atoms with Crippen molar-refractivity contribution in [2.24, 2.45) is 0 Å². The zero-order valence-corrected chi connectivity index (χ0v) is 19.0. The Morgan fingerprint density at radius 1 is 0.559 bits per heavy atom. The summed E-state index contributed by atoms with van der Waals surface area (Å²) in [6, 6.07) is 0. The van der Waals surface area contributed by atoms with Gasteiger partial charge in [0.2, 0.25) is 0 Å². The third-order valence-electron chi connectivity index (χ3n) is 5.05. The number of unbranched alkanes of at least 4 members (excludes halogenated alkanes) is 8. The highest BCUT2D eigenvalue weighted by Crippen LogP contribution is 2.60. The molecule has 0 spiro atoms. The van der Waals surface area contributed by atoms with Crippen LogP contribution in [0.1, 0.15) is 64.7 Å². The molecule has 34 heavy (non-hydrogen) atoms. The van der Waals surface area contributed by atoms with Gasteiger partial charge in [-0.3, -0.25) is 0 Å². The lowest BCUT2D eigenvalue weighted by Crippen LogP contribution is -2.72. The average molecular weight is 550 g/mol. The van der Waals surface area contributed by atoms with E-state index in [9.17, 15) is 57.1 Å². The number of halogens is 13. The molecule has 0 saturated heterocycles. The zero-order valence-electron chi connectivity index (χ0n) is 18.1. The van der Waals surface area contributed by atoms with Crippen LogP contribution >= 0.6 is 12.6 Å². The molecule has 15 heteroatoms. The van der Waals surface area contributed by atoms with Gasteiger partial charge >= 0.3 is 35.7 Å². The van der Waals surface area contributed by atoms with Crippen LogP contribution in [0, 0.1) is 0 Å². The summed E-state index contributed by atoms with van der Waals surface area (Å²) in [7, 11) is 0. The van der Waals surface area contributed by atoms with Crippen molar-refractivity contribution in [3.05, 3.63) is 0 Å². The molecule has 0 aliphatic rings. The van der Waals surface area contributed by atoms with Crippen molar-refractivity contribution in [2.45, 2.75) is 107 Å². The second-order valence-electron chi connectivity index (χ2n) is 7.81. The minimum Gasteiger partial charge on any atom is -0.316 e. The predicted octanol–water partition coefficient (Wildman–Crippen LogP) is 8.57. The monoisotopic (exact) mass is 550 g/mol. The van der Waals surface area contributed by atoms with E-state index < -0.39 is 55.4 Å². The van der Waals surface area contributed by atoms with E-state index in [0.29, 0.717) is 12.8 Å². The number of alkyl halides is 13. The molecule has 0 radical (unpaired) electrons. The molecule has 0 saturated carbocycles. The van der Waals surface area contributed by atoms with Gasteiger partial charge < -0.3 is 4.74 Å². The molecule has 1 unspecified atom stereocenters. The maximum absolute atomic E-state index is 13.6. The van der Waals surface area contributed by atoms with Gasteiger partial charge in [0.25, 0.3) is 0 Å². The first-order valence-corrected chi connectivity index (χ1v) is 11.0. The number of hydrogen-bond donors (Lipinski definition) is 1. The fraction of sp³-hybridized carbons (Fsp3) is 1.00. The molecule has 0 amide bonds. The lowest BCUT2D eigenvalue weighted by molar-refractivity contribution is -0.459. The number of hydrogen-bond acceptors (Lipinski definition) is 2. The van der Waals surface area contributed by atoms with Crippen LogP contribution in [0.2, 0.25) is 0 Å². The summed E-state index contributed by atoms with van der Waals surface area (Å²) in [6.45, 7) is -1.76. The Morgan fingerprint density at radius 3 is 1.29 bits per heavy atom. The van der Waals surface area contributed by atoms with Crippen LogP contribution in [0.25, 0.3) is 0 Å². The molecule has 0 fully saturated rings. The van der Waals surface area contributed by atoms with E-state index in [-0.39, 0.29) is 12.8 Å². The topological polar surface area (TPSA) is 9.23 Å². The average Bonchev–Trinajstić information content (AvgIpc) is 2.71. The SMILES string of the molecule is CC(F)C(F)(F)C(F)(F)C(F)(F)C(F)(F)C(F)(F)C(F)(F)OCCCCCCCCCCCS. The minimum atomic E-state index is -7.78. The third-order valence-corrected chi connectivity index (χ3v) is 5.37. The van der Waals surface area contributed by atoms with Gasteiger partial charge in [0, 0.05) is 0 Å². The summed E-state index contributed by atoms with van der Waals surface area (Å²) in [6.07, 6.45) is -5.34.